The van der Waals surface area contributed by atoms with Crippen LogP contribution >= 0.6 is 0 Å². The molecule has 0 spiro atoms. The largest absolute Gasteiger partial charge is 0.389 e. The number of amides is 1. The molecular weight excluding hydrogens is 326 g/mol. The maximum atomic E-state index is 12.3. The highest BCUT2D eigenvalue weighted by Gasteiger charge is 2.25. The van der Waals surface area contributed by atoms with Crippen molar-refractivity contribution in [3.63, 3.8) is 0 Å². The molecule has 1 heterocycles. The molecule has 1 aliphatic rings. The van der Waals surface area contributed by atoms with Gasteiger partial charge >= 0.3 is 0 Å². The smallest absolute Gasteiger partial charge is 0.223 e. The second-order valence-corrected chi connectivity index (χ2v) is 6.72. The first kappa shape index (κ1) is 20.1. The quantitative estimate of drug-likeness (QED) is 0.397. The highest BCUT2D eigenvalue weighted by molar-refractivity contribution is 5.77. The summed E-state index contributed by atoms with van der Waals surface area (Å²) in [6.45, 7) is 0.587. The third-order valence-electron chi connectivity index (χ3n) is 4.62. The lowest BCUT2D eigenvalue weighted by Gasteiger charge is -2.33. The van der Waals surface area contributed by atoms with E-state index in [1.165, 1.54) is 0 Å². The Bertz CT molecular complexity index is 609. The van der Waals surface area contributed by atoms with Crippen LogP contribution in [0.25, 0.3) is 0 Å². The molecule has 1 saturated heterocycles. The monoisotopic (exact) mass is 355 g/mol. The zero-order valence-electron chi connectivity index (χ0n) is 15.3. The van der Waals surface area contributed by atoms with E-state index in [0.717, 1.165) is 37.5 Å². The molecule has 2 rings (SSSR count). The summed E-state index contributed by atoms with van der Waals surface area (Å²) in [7, 11) is 0. The van der Waals surface area contributed by atoms with Gasteiger partial charge in [0.1, 0.15) is 6.29 Å². The molecule has 140 valence electrons. The fraction of sp³-hybridized carbons (Fsp3) is 0.455. The predicted octanol–water partition coefficient (Wildman–Crippen LogP) is 3.45. The Morgan fingerprint density at radius 1 is 1.19 bits per heavy atom. The second kappa shape index (κ2) is 11.4. The summed E-state index contributed by atoms with van der Waals surface area (Å²) in [5.74, 6) is 0.168. The Hall–Kier alpha value is -2.20. The first-order chi connectivity index (χ1) is 12.7. The maximum Gasteiger partial charge on any atom is 0.223 e. The fourth-order valence-corrected chi connectivity index (χ4v) is 3.19. The number of piperidine rings is 1. The minimum absolute atomic E-state index is 0.0429. The first-order valence-electron chi connectivity index (χ1n) is 9.49. The molecule has 4 nitrogen and oxygen atoms in total. The summed E-state index contributed by atoms with van der Waals surface area (Å²) in [4.78, 5) is 24.4. The van der Waals surface area contributed by atoms with E-state index < -0.39 is 6.10 Å². The van der Waals surface area contributed by atoms with Gasteiger partial charge in [-0.25, -0.2) is 0 Å². The molecule has 4 heteroatoms. The van der Waals surface area contributed by atoms with Gasteiger partial charge in [-0.1, -0.05) is 54.6 Å². The van der Waals surface area contributed by atoms with Gasteiger partial charge in [0.15, 0.2) is 0 Å². The lowest BCUT2D eigenvalue weighted by molar-refractivity contribution is -0.134. The number of nitrogens with zero attached hydrogens (tertiary/aromatic N) is 1. The van der Waals surface area contributed by atoms with E-state index in [9.17, 15) is 14.7 Å². The highest BCUT2D eigenvalue weighted by Crippen LogP contribution is 2.20. The van der Waals surface area contributed by atoms with Crippen LogP contribution in [0.15, 0.2) is 54.6 Å². The molecule has 26 heavy (non-hydrogen) atoms. The number of rotatable bonds is 10. The summed E-state index contributed by atoms with van der Waals surface area (Å²) in [6, 6.07) is 9.94. The van der Waals surface area contributed by atoms with Gasteiger partial charge in [-0.15, -0.1) is 0 Å². The SMILES string of the molecule is O=CCCCC=CCN1C(=O)CCC[C@@H]1C=CC(O)Cc1ccccc1. The van der Waals surface area contributed by atoms with Crippen molar-refractivity contribution in [2.75, 3.05) is 6.54 Å². The van der Waals surface area contributed by atoms with Crippen molar-refractivity contribution in [2.45, 2.75) is 57.1 Å². The summed E-state index contributed by atoms with van der Waals surface area (Å²) in [6.07, 6.45) is 13.5. The van der Waals surface area contributed by atoms with Crippen molar-refractivity contribution in [2.24, 2.45) is 0 Å². The van der Waals surface area contributed by atoms with E-state index in [-0.39, 0.29) is 11.9 Å². The van der Waals surface area contributed by atoms with Crippen molar-refractivity contribution in [3.8, 4) is 0 Å². The normalized spacial score (nSPS) is 19.3. The van der Waals surface area contributed by atoms with Crippen LogP contribution in [0.1, 0.15) is 44.1 Å². The minimum Gasteiger partial charge on any atom is -0.389 e. The summed E-state index contributed by atoms with van der Waals surface area (Å²) >= 11 is 0. The van der Waals surface area contributed by atoms with Gasteiger partial charge in [0.25, 0.3) is 0 Å². The molecule has 0 bridgehead atoms. The topological polar surface area (TPSA) is 57.6 Å². The standard InChI is InChI=1S/C22H29NO3/c24-17-8-3-1-2-7-16-23-20(12-9-13-22(23)26)14-15-21(25)18-19-10-5-4-6-11-19/h2,4-7,10-11,14-15,17,20-21,25H,1,3,8-9,12-13,16,18H2/t20-,21?/m1/s1. The molecule has 0 aliphatic carbocycles. The molecule has 1 aromatic carbocycles. The molecule has 1 aromatic rings. The van der Waals surface area contributed by atoms with Crippen molar-refractivity contribution in [3.05, 3.63) is 60.2 Å². The molecule has 0 saturated carbocycles. The number of likely N-dealkylation sites (tertiary alicyclic amines) is 1. The number of hydrogen-bond donors (Lipinski definition) is 1. The highest BCUT2D eigenvalue weighted by atomic mass is 16.3. The number of aliphatic hydroxyl groups excluding tert-OH is 1. The summed E-state index contributed by atoms with van der Waals surface area (Å²) in [5.41, 5.74) is 1.10. The van der Waals surface area contributed by atoms with Crippen LogP contribution in [-0.4, -0.2) is 40.9 Å². The zero-order valence-corrected chi connectivity index (χ0v) is 15.3. The zero-order chi connectivity index (χ0) is 18.6. The van der Waals surface area contributed by atoms with Gasteiger partial charge in [-0.3, -0.25) is 4.79 Å². The van der Waals surface area contributed by atoms with Crippen LogP contribution in [-0.2, 0) is 16.0 Å². The Morgan fingerprint density at radius 3 is 2.77 bits per heavy atom. The van der Waals surface area contributed by atoms with Crippen LogP contribution < -0.4 is 0 Å². The van der Waals surface area contributed by atoms with E-state index in [2.05, 4.69) is 0 Å². The number of aliphatic hydroxyl groups is 1. The molecule has 0 aromatic heterocycles. The maximum absolute atomic E-state index is 12.3. The third kappa shape index (κ3) is 6.96. The van der Waals surface area contributed by atoms with Gasteiger partial charge in [0, 0.05) is 25.8 Å². The van der Waals surface area contributed by atoms with Gasteiger partial charge in [0.2, 0.25) is 5.91 Å². The average molecular weight is 355 g/mol. The third-order valence-corrected chi connectivity index (χ3v) is 4.62. The Kier molecular flexibility index (Phi) is 8.84. The predicted molar refractivity (Wildman–Crippen MR) is 104 cm³/mol. The number of carbonyl (C=O) groups excluding carboxylic acids is 2. The summed E-state index contributed by atoms with van der Waals surface area (Å²) < 4.78 is 0. The van der Waals surface area contributed by atoms with Gasteiger partial charge in [-0.2, -0.15) is 0 Å². The van der Waals surface area contributed by atoms with Crippen LogP contribution in [0.4, 0.5) is 0 Å². The van der Waals surface area contributed by atoms with Crippen LogP contribution in [0.2, 0.25) is 0 Å². The molecule has 1 fully saturated rings. The molecule has 1 aliphatic heterocycles. The van der Waals surface area contributed by atoms with Gasteiger partial charge < -0.3 is 14.8 Å². The molecule has 1 amide bonds. The fourth-order valence-electron chi connectivity index (χ4n) is 3.19. The van der Waals surface area contributed by atoms with Gasteiger partial charge in [0.05, 0.1) is 12.1 Å². The van der Waals surface area contributed by atoms with Crippen LogP contribution in [0.5, 0.6) is 0 Å². The van der Waals surface area contributed by atoms with Crippen molar-refractivity contribution in [1.29, 1.82) is 0 Å². The van der Waals surface area contributed by atoms with Gasteiger partial charge in [-0.05, 0) is 31.2 Å². The number of hydrogen-bond acceptors (Lipinski definition) is 3. The van der Waals surface area contributed by atoms with E-state index >= 15 is 0 Å². The number of unbranched alkanes of at least 4 members (excludes halogenated alkanes) is 2. The molecule has 1 unspecified atom stereocenters. The lowest BCUT2D eigenvalue weighted by atomic mass is 9.99. The van der Waals surface area contributed by atoms with E-state index in [1.807, 2.05) is 59.5 Å². The Morgan fingerprint density at radius 2 is 2.00 bits per heavy atom. The van der Waals surface area contributed by atoms with E-state index in [0.29, 0.717) is 25.8 Å². The minimum atomic E-state index is -0.546. The van der Waals surface area contributed by atoms with Crippen molar-refractivity contribution in [1.82, 2.24) is 4.90 Å². The lowest BCUT2D eigenvalue weighted by Crippen LogP contribution is -2.42. The molecule has 1 N–H and O–H groups in total. The number of allylic oxidation sites excluding steroid dienone is 1. The first-order valence-corrected chi connectivity index (χ1v) is 9.49. The van der Waals surface area contributed by atoms with E-state index in [1.54, 1.807) is 0 Å². The summed E-state index contributed by atoms with van der Waals surface area (Å²) in [5, 5.41) is 10.2. The molecule has 0 radical (unpaired) electrons. The average Bonchev–Trinajstić information content (AvgIpc) is 2.65. The molecule has 2 atom stereocenters. The second-order valence-electron chi connectivity index (χ2n) is 6.72. The van der Waals surface area contributed by atoms with Crippen LogP contribution in [0.3, 0.4) is 0 Å². The number of carbonyl (C=O) groups is 2. The number of aldehydes is 1. The number of benzene rings is 1. The van der Waals surface area contributed by atoms with Crippen molar-refractivity contribution >= 4 is 12.2 Å². The Balaban J connectivity index is 1.87. The molecular formula is C22H29NO3. The van der Waals surface area contributed by atoms with Crippen molar-refractivity contribution < 1.29 is 14.7 Å². The Labute approximate surface area is 156 Å². The van der Waals surface area contributed by atoms with Crippen LogP contribution in [0, 0.1) is 0 Å². The van der Waals surface area contributed by atoms with E-state index in [4.69, 9.17) is 0 Å².